The van der Waals surface area contributed by atoms with Crippen LogP contribution in [0.25, 0.3) is 11.3 Å². The van der Waals surface area contributed by atoms with Gasteiger partial charge in [-0.2, -0.15) is 10.4 Å². The number of nitrogens with zero attached hydrogens (tertiary/aromatic N) is 3. The van der Waals surface area contributed by atoms with Crippen LogP contribution in [0.5, 0.6) is 11.5 Å². The van der Waals surface area contributed by atoms with Gasteiger partial charge in [0.25, 0.3) is 0 Å². The number of halogens is 1. The Balaban J connectivity index is 1.58. The van der Waals surface area contributed by atoms with Gasteiger partial charge in [-0.1, -0.05) is 0 Å². The molecule has 0 fully saturated rings. The molecule has 0 aliphatic rings. The van der Waals surface area contributed by atoms with Crippen LogP contribution in [-0.4, -0.2) is 23.0 Å². The van der Waals surface area contributed by atoms with E-state index in [0.29, 0.717) is 41.5 Å². The van der Waals surface area contributed by atoms with E-state index in [2.05, 4.69) is 11.2 Å². The van der Waals surface area contributed by atoms with Gasteiger partial charge in [0.15, 0.2) is 0 Å². The first-order valence-corrected chi connectivity index (χ1v) is 7.71. The van der Waals surface area contributed by atoms with Crippen molar-refractivity contribution in [2.24, 2.45) is 7.05 Å². The molecule has 0 amide bonds. The Kier molecular flexibility index (Phi) is 4.95. The lowest BCUT2D eigenvalue weighted by Crippen LogP contribution is -2.09. The lowest BCUT2D eigenvalue weighted by atomic mass is 10.1. The number of hydrogen-bond acceptors (Lipinski definition) is 4. The highest BCUT2D eigenvalue weighted by Crippen LogP contribution is 2.26. The van der Waals surface area contributed by atoms with E-state index in [1.807, 2.05) is 0 Å². The highest BCUT2D eigenvalue weighted by atomic mass is 19.1. The van der Waals surface area contributed by atoms with E-state index < -0.39 is 0 Å². The number of benzene rings is 2. The number of nitriles is 1. The second kappa shape index (κ2) is 7.49. The first-order valence-electron chi connectivity index (χ1n) is 7.71. The molecule has 0 atom stereocenters. The Morgan fingerprint density at radius 2 is 1.72 bits per heavy atom. The van der Waals surface area contributed by atoms with E-state index in [1.54, 1.807) is 60.4 Å². The molecule has 0 aliphatic carbocycles. The van der Waals surface area contributed by atoms with E-state index >= 15 is 0 Å². The average Bonchev–Trinajstić information content (AvgIpc) is 3.06. The third kappa shape index (κ3) is 3.96. The van der Waals surface area contributed by atoms with Crippen LogP contribution < -0.4 is 9.47 Å². The Morgan fingerprint density at radius 3 is 2.36 bits per heavy atom. The Labute approximate surface area is 144 Å². The zero-order chi connectivity index (χ0) is 17.6. The van der Waals surface area contributed by atoms with Crippen LogP contribution in [0, 0.1) is 17.1 Å². The maximum atomic E-state index is 14.0. The van der Waals surface area contributed by atoms with Crippen molar-refractivity contribution in [1.82, 2.24) is 9.78 Å². The lowest BCUT2D eigenvalue weighted by molar-refractivity contribution is 0.217. The number of aryl methyl sites for hydroxylation is 1. The van der Waals surface area contributed by atoms with Gasteiger partial charge in [-0.25, -0.2) is 4.39 Å². The number of rotatable bonds is 6. The van der Waals surface area contributed by atoms with Gasteiger partial charge < -0.3 is 9.47 Å². The molecule has 1 aromatic heterocycles. The molecule has 0 saturated carbocycles. The maximum Gasteiger partial charge on any atom is 0.132 e. The van der Waals surface area contributed by atoms with E-state index in [4.69, 9.17) is 14.7 Å². The summed E-state index contributed by atoms with van der Waals surface area (Å²) in [6.45, 7) is 0.654. The van der Waals surface area contributed by atoms with Gasteiger partial charge in [-0.05, 0) is 48.5 Å². The molecule has 3 rings (SSSR count). The van der Waals surface area contributed by atoms with Crippen LogP contribution in [0.15, 0.2) is 54.7 Å². The first-order chi connectivity index (χ1) is 12.2. The summed E-state index contributed by atoms with van der Waals surface area (Å²) >= 11 is 0. The molecule has 0 bridgehead atoms. The van der Waals surface area contributed by atoms with Crippen molar-refractivity contribution < 1.29 is 13.9 Å². The minimum Gasteiger partial charge on any atom is -0.490 e. The van der Waals surface area contributed by atoms with E-state index in [1.165, 1.54) is 6.07 Å². The summed E-state index contributed by atoms with van der Waals surface area (Å²) in [6.07, 6.45) is 1.62. The van der Waals surface area contributed by atoms with Gasteiger partial charge in [0.05, 0.1) is 17.3 Å². The molecule has 0 radical (unpaired) electrons. The fourth-order valence-electron chi connectivity index (χ4n) is 2.37. The molecule has 0 N–H and O–H groups in total. The van der Waals surface area contributed by atoms with Crippen LogP contribution >= 0.6 is 0 Å². The molecular formula is C19H16FN3O2. The predicted octanol–water partition coefficient (Wildman–Crippen LogP) is 3.56. The largest absolute Gasteiger partial charge is 0.490 e. The van der Waals surface area contributed by atoms with Gasteiger partial charge >= 0.3 is 0 Å². The fraction of sp³-hybridized carbons (Fsp3) is 0.158. The standard InChI is InChI=1S/C19H16FN3O2/c1-23-19(8-9-22-23)17-12-16(6-7-18(17)20)25-11-10-24-15-4-2-14(13-21)3-5-15/h2-9,12H,10-11H2,1H3. The molecule has 0 saturated heterocycles. The summed E-state index contributed by atoms with van der Waals surface area (Å²) in [5.41, 5.74) is 1.69. The molecule has 1 heterocycles. The number of aromatic nitrogens is 2. The monoisotopic (exact) mass is 337 g/mol. The van der Waals surface area contributed by atoms with Crippen molar-refractivity contribution in [2.45, 2.75) is 0 Å². The number of ether oxygens (including phenoxy) is 2. The van der Waals surface area contributed by atoms with Gasteiger partial charge in [-0.15, -0.1) is 0 Å². The van der Waals surface area contributed by atoms with Crippen molar-refractivity contribution in [3.63, 3.8) is 0 Å². The first kappa shape index (κ1) is 16.5. The van der Waals surface area contributed by atoms with Crippen molar-refractivity contribution in [1.29, 1.82) is 5.26 Å². The molecule has 0 unspecified atom stereocenters. The fourth-order valence-corrected chi connectivity index (χ4v) is 2.37. The second-order valence-corrected chi connectivity index (χ2v) is 5.31. The van der Waals surface area contributed by atoms with E-state index in [0.717, 1.165) is 0 Å². The summed E-state index contributed by atoms with van der Waals surface area (Å²) in [4.78, 5) is 0. The van der Waals surface area contributed by atoms with Crippen LogP contribution in [0.1, 0.15) is 5.56 Å². The van der Waals surface area contributed by atoms with Crippen molar-refractivity contribution >= 4 is 0 Å². The van der Waals surface area contributed by atoms with Gasteiger partial charge in [0.2, 0.25) is 0 Å². The van der Waals surface area contributed by atoms with Gasteiger partial charge in [-0.3, -0.25) is 4.68 Å². The quantitative estimate of drug-likeness (QED) is 0.645. The van der Waals surface area contributed by atoms with Crippen molar-refractivity contribution in [3.8, 4) is 28.8 Å². The molecule has 0 spiro atoms. The van der Waals surface area contributed by atoms with Crippen LogP contribution in [-0.2, 0) is 7.05 Å². The van der Waals surface area contributed by atoms with Crippen LogP contribution in [0.3, 0.4) is 0 Å². The average molecular weight is 337 g/mol. The molecule has 5 nitrogen and oxygen atoms in total. The topological polar surface area (TPSA) is 60.1 Å². The van der Waals surface area contributed by atoms with Crippen molar-refractivity contribution in [2.75, 3.05) is 13.2 Å². The van der Waals surface area contributed by atoms with Gasteiger partial charge in [0, 0.05) is 18.8 Å². The van der Waals surface area contributed by atoms with Crippen LogP contribution in [0.4, 0.5) is 4.39 Å². The predicted molar refractivity (Wildman–Crippen MR) is 90.7 cm³/mol. The molecule has 25 heavy (non-hydrogen) atoms. The summed E-state index contributed by atoms with van der Waals surface area (Å²) in [5.74, 6) is 0.892. The third-order valence-corrected chi connectivity index (χ3v) is 3.64. The van der Waals surface area contributed by atoms with Crippen LogP contribution in [0.2, 0.25) is 0 Å². The summed E-state index contributed by atoms with van der Waals surface area (Å²) in [6, 6.07) is 15.2. The molecular weight excluding hydrogens is 321 g/mol. The maximum absolute atomic E-state index is 14.0. The zero-order valence-electron chi connectivity index (χ0n) is 13.6. The van der Waals surface area contributed by atoms with Gasteiger partial charge in [0.1, 0.15) is 30.5 Å². The smallest absolute Gasteiger partial charge is 0.132 e. The highest BCUT2D eigenvalue weighted by Gasteiger charge is 2.10. The minimum atomic E-state index is -0.329. The van der Waals surface area contributed by atoms with Crippen molar-refractivity contribution in [3.05, 3.63) is 66.1 Å². The normalized spacial score (nSPS) is 10.3. The summed E-state index contributed by atoms with van der Waals surface area (Å²) in [5, 5.41) is 12.8. The Morgan fingerprint density at radius 1 is 1.04 bits per heavy atom. The van der Waals surface area contributed by atoms with E-state index in [9.17, 15) is 4.39 Å². The second-order valence-electron chi connectivity index (χ2n) is 5.31. The lowest BCUT2D eigenvalue weighted by Gasteiger charge is -2.10. The molecule has 2 aromatic carbocycles. The SMILES string of the molecule is Cn1nccc1-c1cc(OCCOc2ccc(C#N)cc2)ccc1F. The molecule has 3 aromatic rings. The third-order valence-electron chi connectivity index (χ3n) is 3.64. The summed E-state index contributed by atoms with van der Waals surface area (Å²) in [7, 11) is 1.76. The Bertz CT molecular complexity index is 898. The molecule has 6 heteroatoms. The Hall–Kier alpha value is -3.33. The minimum absolute atomic E-state index is 0.316. The number of hydrogen-bond donors (Lipinski definition) is 0. The highest BCUT2D eigenvalue weighted by molar-refractivity contribution is 5.62. The molecule has 126 valence electrons. The molecule has 0 aliphatic heterocycles. The zero-order valence-corrected chi connectivity index (χ0v) is 13.6. The summed E-state index contributed by atoms with van der Waals surface area (Å²) < 4.78 is 26.8. The van der Waals surface area contributed by atoms with E-state index in [-0.39, 0.29) is 5.82 Å².